The van der Waals surface area contributed by atoms with Crippen LogP contribution < -0.4 is 5.32 Å². The van der Waals surface area contributed by atoms with Gasteiger partial charge in [0.15, 0.2) is 0 Å². The molecule has 1 aliphatic heterocycles. The number of aromatic hydroxyl groups is 1. The van der Waals surface area contributed by atoms with Crippen LogP contribution in [-0.4, -0.2) is 40.8 Å². The highest BCUT2D eigenvalue weighted by molar-refractivity contribution is 6.21. The molecular formula is C27H34N2O4. The third kappa shape index (κ3) is 5.27. The van der Waals surface area contributed by atoms with Crippen molar-refractivity contribution in [2.75, 3.05) is 13.1 Å². The lowest BCUT2D eigenvalue weighted by Gasteiger charge is -2.28. The van der Waals surface area contributed by atoms with Crippen molar-refractivity contribution in [3.05, 3.63) is 64.2 Å². The third-order valence-corrected chi connectivity index (χ3v) is 5.96. The average molecular weight is 451 g/mol. The number of rotatable bonds is 6. The van der Waals surface area contributed by atoms with E-state index in [4.69, 9.17) is 0 Å². The van der Waals surface area contributed by atoms with E-state index in [-0.39, 0.29) is 48.1 Å². The Labute approximate surface area is 196 Å². The number of imide groups is 1. The van der Waals surface area contributed by atoms with Gasteiger partial charge in [0.1, 0.15) is 5.75 Å². The number of aryl methyl sites for hydroxylation is 1. The van der Waals surface area contributed by atoms with Crippen molar-refractivity contribution in [3.63, 3.8) is 0 Å². The molecule has 2 aromatic rings. The normalized spacial score (nSPS) is 13.9. The van der Waals surface area contributed by atoms with Crippen molar-refractivity contribution in [1.29, 1.82) is 0 Å². The fourth-order valence-electron chi connectivity index (χ4n) is 4.08. The number of nitrogens with zero attached hydrogens (tertiary/aromatic N) is 1. The minimum atomic E-state index is -0.321. The predicted octanol–water partition coefficient (Wildman–Crippen LogP) is 4.33. The van der Waals surface area contributed by atoms with Crippen molar-refractivity contribution in [1.82, 2.24) is 10.2 Å². The van der Waals surface area contributed by atoms with Crippen LogP contribution in [0.1, 0.15) is 85.4 Å². The van der Waals surface area contributed by atoms with Gasteiger partial charge in [0, 0.05) is 19.5 Å². The van der Waals surface area contributed by atoms with Crippen LogP contribution in [0.5, 0.6) is 5.75 Å². The first-order valence-corrected chi connectivity index (χ1v) is 11.4. The molecule has 0 aromatic heterocycles. The van der Waals surface area contributed by atoms with E-state index in [9.17, 15) is 19.5 Å². The van der Waals surface area contributed by atoms with Crippen LogP contribution in [0.15, 0.2) is 36.4 Å². The zero-order valence-electron chi connectivity index (χ0n) is 20.4. The van der Waals surface area contributed by atoms with E-state index in [2.05, 4.69) is 46.9 Å². The maximum absolute atomic E-state index is 12.5. The van der Waals surface area contributed by atoms with Crippen molar-refractivity contribution >= 4 is 17.7 Å². The first kappa shape index (κ1) is 24.5. The molecule has 3 rings (SSSR count). The largest absolute Gasteiger partial charge is 0.507 e. The van der Waals surface area contributed by atoms with Crippen LogP contribution in [0.3, 0.4) is 0 Å². The Morgan fingerprint density at radius 2 is 1.39 bits per heavy atom. The first-order valence-electron chi connectivity index (χ1n) is 11.4. The smallest absolute Gasteiger partial charge is 0.261 e. The molecule has 0 saturated heterocycles. The van der Waals surface area contributed by atoms with Crippen molar-refractivity contribution < 1.29 is 19.5 Å². The SMILES string of the molecule is CC(C)(C)c1cc(CCC(=O)NCCN2C(=O)c3ccccc3C2=O)cc(C(C)(C)C)c1O. The second-order valence-corrected chi connectivity index (χ2v) is 10.7. The van der Waals surface area contributed by atoms with Gasteiger partial charge in [0.25, 0.3) is 11.8 Å². The maximum atomic E-state index is 12.5. The second-order valence-electron chi connectivity index (χ2n) is 10.7. The van der Waals surface area contributed by atoms with Crippen LogP contribution in [0, 0.1) is 0 Å². The summed E-state index contributed by atoms with van der Waals surface area (Å²) in [4.78, 5) is 38.5. The molecule has 0 spiro atoms. The van der Waals surface area contributed by atoms with Gasteiger partial charge in [-0.15, -0.1) is 0 Å². The van der Waals surface area contributed by atoms with Crippen LogP contribution in [-0.2, 0) is 22.0 Å². The number of carbonyl (C=O) groups is 3. The Balaban J connectivity index is 1.60. The van der Waals surface area contributed by atoms with E-state index in [0.29, 0.717) is 23.3 Å². The van der Waals surface area contributed by atoms with E-state index < -0.39 is 0 Å². The molecule has 33 heavy (non-hydrogen) atoms. The fraction of sp³-hybridized carbons (Fsp3) is 0.444. The van der Waals surface area contributed by atoms with Gasteiger partial charge >= 0.3 is 0 Å². The number of benzene rings is 2. The molecule has 0 atom stereocenters. The van der Waals surface area contributed by atoms with E-state index in [1.54, 1.807) is 24.3 Å². The summed E-state index contributed by atoms with van der Waals surface area (Å²) >= 11 is 0. The average Bonchev–Trinajstić information content (AvgIpc) is 2.96. The number of carbonyl (C=O) groups excluding carboxylic acids is 3. The highest BCUT2D eigenvalue weighted by Gasteiger charge is 2.34. The zero-order chi connectivity index (χ0) is 24.6. The third-order valence-electron chi connectivity index (χ3n) is 5.96. The summed E-state index contributed by atoms with van der Waals surface area (Å²) in [6, 6.07) is 10.7. The van der Waals surface area contributed by atoms with E-state index in [0.717, 1.165) is 16.7 Å². The van der Waals surface area contributed by atoms with Gasteiger partial charge in [-0.25, -0.2) is 0 Å². The fourth-order valence-corrected chi connectivity index (χ4v) is 4.08. The molecule has 6 nitrogen and oxygen atoms in total. The van der Waals surface area contributed by atoms with Crippen molar-refractivity contribution in [3.8, 4) is 5.75 Å². The number of hydrogen-bond acceptors (Lipinski definition) is 4. The molecule has 0 aliphatic carbocycles. The van der Waals surface area contributed by atoms with Gasteiger partial charge in [0.05, 0.1) is 11.1 Å². The second kappa shape index (κ2) is 9.00. The standard InChI is InChI=1S/C27H34N2O4/c1-26(2,3)20-15-17(16-21(23(20)31)27(4,5)6)11-12-22(30)28-13-14-29-24(32)18-9-7-8-10-19(18)25(29)33/h7-10,15-16,31H,11-14H2,1-6H3,(H,28,30). The number of phenolic OH excluding ortho intramolecular Hbond substituents is 1. The molecular weight excluding hydrogens is 416 g/mol. The highest BCUT2D eigenvalue weighted by atomic mass is 16.3. The molecule has 176 valence electrons. The van der Waals surface area contributed by atoms with Crippen molar-refractivity contribution in [2.24, 2.45) is 0 Å². The Morgan fingerprint density at radius 1 is 0.909 bits per heavy atom. The van der Waals surface area contributed by atoms with Gasteiger partial charge in [-0.2, -0.15) is 0 Å². The van der Waals surface area contributed by atoms with E-state index in [1.165, 1.54) is 4.90 Å². The summed E-state index contributed by atoms with van der Waals surface area (Å²) in [5.74, 6) is -0.463. The van der Waals surface area contributed by atoms with Crippen LogP contribution >= 0.6 is 0 Å². The Hall–Kier alpha value is -3.15. The topological polar surface area (TPSA) is 86.7 Å². The zero-order valence-corrected chi connectivity index (χ0v) is 20.4. The monoisotopic (exact) mass is 450 g/mol. The molecule has 6 heteroatoms. The number of hydrogen-bond donors (Lipinski definition) is 2. The van der Waals surface area contributed by atoms with Gasteiger partial charge in [-0.1, -0.05) is 65.8 Å². The number of fused-ring (bicyclic) bond motifs is 1. The molecule has 0 bridgehead atoms. The van der Waals surface area contributed by atoms with Crippen LogP contribution in [0.4, 0.5) is 0 Å². The molecule has 3 amide bonds. The molecule has 0 fully saturated rings. The molecule has 0 unspecified atom stereocenters. The minimum Gasteiger partial charge on any atom is -0.507 e. The lowest BCUT2D eigenvalue weighted by molar-refractivity contribution is -0.121. The van der Waals surface area contributed by atoms with Gasteiger partial charge in [-0.05, 0) is 46.1 Å². The summed E-state index contributed by atoms with van der Waals surface area (Å²) in [5.41, 5.74) is 3.10. The Kier molecular flexibility index (Phi) is 6.68. The summed E-state index contributed by atoms with van der Waals surface area (Å²) < 4.78 is 0. The molecule has 0 saturated carbocycles. The van der Waals surface area contributed by atoms with Gasteiger partial charge in [0.2, 0.25) is 5.91 Å². The number of nitrogens with one attached hydrogen (secondary N) is 1. The van der Waals surface area contributed by atoms with Crippen LogP contribution in [0.25, 0.3) is 0 Å². The number of amides is 3. The van der Waals surface area contributed by atoms with E-state index >= 15 is 0 Å². The molecule has 2 N–H and O–H groups in total. The summed E-state index contributed by atoms with van der Waals surface area (Å²) in [6.45, 7) is 12.7. The number of phenols is 1. The summed E-state index contributed by atoms with van der Waals surface area (Å²) in [5, 5.41) is 13.7. The minimum absolute atomic E-state index is 0.139. The predicted molar refractivity (Wildman–Crippen MR) is 129 cm³/mol. The van der Waals surface area contributed by atoms with Crippen LogP contribution in [0.2, 0.25) is 0 Å². The lowest BCUT2D eigenvalue weighted by atomic mass is 9.78. The summed E-state index contributed by atoms with van der Waals surface area (Å²) in [7, 11) is 0. The van der Waals surface area contributed by atoms with Gasteiger partial charge < -0.3 is 10.4 Å². The highest BCUT2D eigenvalue weighted by Crippen LogP contribution is 2.40. The maximum Gasteiger partial charge on any atom is 0.261 e. The molecule has 2 aromatic carbocycles. The van der Waals surface area contributed by atoms with Gasteiger partial charge in [-0.3, -0.25) is 19.3 Å². The lowest BCUT2D eigenvalue weighted by Crippen LogP contribution is -2.38. The van der Waals surface area contributed by atoms with E-state index in [1.807, 2.05) is 12.1 Å². The first-order chi connectivity index (χ1) is 15.3. The Morgan fingerprint density at radius 3 is 1.85 bits per heavy atom. The molecule has 1 aliphatic rings. The molecule has 0 radical (unpaired) electrons. The van der Waals surface area contributed by atoms with Crippen molar-refractivity contribution in [2.45, 2.75) is 65.2 Å². The Bertz CT molecular complexity index is 1020. The quantitative estimate of drug-likeness (QED) is 0.641. The molecule has 1 heterocycles. The summed E-state index contributed by atoms with van der Waals surface area (Å²) in [6.07, 6.45) is 0.811.